The maximum absolute atomic E-state index is 12.3. The van der Waals surface area contributed by atoms with Crippen molar-refractivity contribution in [2.75, 3.05) is 31.3 Å². The fraction of sp³-hybridized carbons (Fsp3) is 0.263. The van der Waals surface area contributed by atoms with E-state index >= 15 is 0 Å². The van der Waals surface area contributed by atoms with Crippen molar-refractivity contribution in [1.82, 2.24) is 5.43 Å². The molecule has 0 saturated carbocycles. The molecule has 0 spiro atoms. The first-order chi connectivity index (χ1) is 13.7. The van der Waals surface area contributed by atoms with Crippen molar-refractivity contribution in [2.24, 2.45) is 5.10 Å². The lowest BCUT2D eigenvalue weighted by Crippen LogP contribution is -2.39. The highest BCUT2D eigenvalue weighted by atomic mass is 79.9. The molecule has 0 atom stereocenters. The number of benzene rings is 2. The lowest BCUT2D eigenvalue weighted by atomic mass is 10.1. The van der Waals surface area contributed by atoms with E-state index in [9.17, 15) is 13.2 Å². The Labute approximate surface area is 178 Å². The Hall–Kier alpha value is -2.59. The summed E-state index contributed by atoms with van der Waals surface area (Å²) in [5.41, 5.74) is 4.01. The van der Waals surface area contributed by atoms with Crippen LogP contribution in [0.3, 0.4) is 0 Å². The Morgan fingerprint density at radius 2 is 1.72 bits per heavy atom. The quantitative estimate of drug-likeness (QED) is 0.459. The SMILES string of the molecule is COc1ccc(/C(C)=N\NC(=O)CN(c2ccc(Br)cc2)S(C)(=O)=O)cc1OC. The highest BCUT2D eigenvalue weighted by Crippen LogP contribution is 2.27. The molecule has 0 aliphatic heterocycles. The highest BCUT2D eigenvalue weighted by molar-refractivity contribution is 9.10. The van der Waals surface area contributed by atoms with Gasteiger partial charge in [-0.2, -0.15) is 5.10 Å². The minimum absolute atomic E-state index is 0.381. The summed E-state index contributed by atoms with van der Waals surface area (Å²) in [6.45, 7) is 1.31. The van der Waals surface area contributed by atoms with Gasteiger partial charge in [-0.15, -0.1) is 0 Å². The van der Waals surface area contributed by atoms with Crippen LogP contribution in [0.5, 0.6) is 11.5 Å². The molecular formula is C19H22BrN3O5S. The second-order valence-corrected chi connectivity index (χ2v) is 8.87. The molecule has 1 N–H and O–H groups in total. The van der Waals surface area contributed by atoms with Crippen LogP contribution in [-0.4, -0.2) is 47.1 Å². The van der Waals surface area contributed by atoms with Crippen molar-refractivity contribution in [1.29, 1.82) is 0 Å². The molecule has 0 saturated heterocycles. The maximum Gasteiger partial charge on any atom is 0.260 e. The molecule has 156 valence electrons. The van der Waals surface area contributed by atoms with Crippen LogP contribution in [0, 0.1) is 0 Å². The molecule has 1 amide bonds. The molecule has 2 rings (SSSR count). The number of methoxy groups -OCH3 is 2. The van der Waals surface area contributed by atoms with Crippen LogP contribution in [0.1, 0.15) is 12.5 Å². The molecule has 0 unspecified atom stereocenters. The van der Waals surface area contributed by atoms with Gasteiger partial charge in [0, 0.05) is 10.0 Å². The van der Waals surface area contributed by atoms with E-state index in [4.69, 9.17) is 9.47 Å². The van der Waals surface area contributed by atoms with Crippen LogP contribution in [0.2, 0.25) is 0 Å². The van der Waals surface area contributed by atoms with Gasteiger partial charge in [-0.3, -0.25) is 9.10 Å². The van der Waals surface area contributed by atoms with E-state index in [0.29, 0.717) is 22.9 Å². The maximum atomic E-state index is 12.3. The first-order valence-corrected chi connectivity index (χ1v) is 11.1. The first kappa shape index (κ1) is 22.7. The molecule has 0 bridgehead atoms. The third-order valence-electron chi connectivity index (χ3n) is 3.95. The summed E-state index contributed by atoms with van der Waals surface area (Å²) in [6, 6.07) is 11.8. The minimum Gasteiger partial charge on any atom is -0.493 e. The van der Waals surface area contributed by atoms with Gasteiger partial charge in [0.2, 0.25) is 10.0 Å². The predicted molar refractivity (Wildman–Crippen MR) is 116 cm³/mol. The van der Waals surface area contributed by atoms with E-state index in [1.165, 1.54) is 14.2 Å². The summed E-state index contributed by atoms with van der Waals surface area (Å²) in [5.74, 6) is 0.536. The van der Waals surface area contributed by atoms with Crippen molar-refractivity contribution >= 4 is 43.3 Å². The second kappa shape index (κ2) is 9.75. The molecule has 0 heterocycles. The van der Waals surface area contributed by atoms with Crippen LogP contribution in [0.25, 0.3) is 0 Å². The molecule has 8 nitrogen and oxygen atoms in total. The Kier molecular flexibility index (Phi) is 7.63. The van der Waals surface area contributed by atoms with Crippen molar-refractivity contribution in [3.05, 3.63) is 52.5 Å². The molecule has 2 aromatic rings. The van der Waals surface area contributed by atoms with E-state index < -0.39 is 22.5 Å². The smallest absolute Gasteiger partial charge is 0.260 e. The van der Waals surface area contributed by atoms with Crippen LogP contribution in [0.15, 0.2) is 52.0 Å². The average molecular weight is 484 g/mol. The standard InChI is InChI=1S/C19H22BrN3O5S/c1-13(14-5-10-17(27-2)18(11-14)28-3)21-22-19(24)12-23(29(4,25)26)16-8-6-15(20)7-9-16/h5-11H,12H2,1-4H3,(H,22,24)/b21-13-. The van der Waals surface area contributed by atoms with Crippen molar-refractivity contribution in [2.45, 2.75) is 6.92 Å². The van der Waals surface area contributed by atoms with E-state index in [2.05, 4.69) is 26.5 Å². The summed E-state index contributed by atoms with van der Waals surface area (Å²) in [5, 5.41) is 4.06. The van der Waals surface area contributed by atoms with Crippen molar-refractivity contribution in [3.8, 4) is 11.5 Å². The largest absolute Gasteiger partial charge is 0.493 e. The van der Waals surface area contributed by atoms with Crippen molar-refractivity contribution in [3.63, 3.8) is 0 Å². The van der Waals surface area contributed by atoms with Crippen LogP contribution in [0.4, 0.5) is 5.69 Å². The average Bonchev–Trinajstić information content (AvgIpc) is 2.69. The lowest BCUT2D eigenvalue weighted by molar-refractivity contribution is -0.119. The van der Waals surface area contributed by atoms with E-state index in [0.717, 1.165) is 20.6 Å². The first-order valence-electron chi connectivity index (χ1n) is 8.44. The third-order valence-corrected chi connectivity index (χ3v) is 5.62. The molecule has 29 heavy (non-hydrogen) atoms. The number of halogens is 1. The number of hydrazone groups is 1. The van der Waals surface area contributed by atoms with Gasteiger partial charge in [0.05, 0.1) is 31.9 Å². The molecule has 0 aromatic heterocycles. The Bertz CT molecular complexity index is 1010. The van der Waals surface area contributed by atoms with Crippen LogP contribution >= 0.6 is 15.9 Å². The molecule has 0 radical (unpaired) electrons. The second-order valence-electron chi connectivity index (χ2n) is 6.05. The van der Waals surface area contributed by atoms with Crippen LogP contribution in [-0.2, 0) is 14.8 Å². The monoisotopic (exact) mass is 483 g/mol. The fourth-order valence-corrected chi connectivity index (χ4v) is 3.57. The third kappa shape index (κ3) is 6.20. The summed E-state index contributed by atoms with van der Waals surface area (Å²) >= 11 is 3.30. The highest BCUT2D eigenvalue weighted by Gasteiger charge is 2.20. The summed E-state index contributed by atoms with van der Waals surface area (Å²) < 4.78 is 36.5. The summed E-state index contributed by atoms with van der Waals surface area (Å²) in [4.78, 5) is 12.3. The number of ether oxygens (including phenoxy) is 2. The van der Waals surface area contributed by atoms with Gasteiger partial charge in [0.1, 0.15) is 6.54 Å². The zero-order valence-corrected chi connectivity index (χ0v) is 18.9. The molecule has 2 aromatic carbocycles. The van der Waals surface area contributed by atoms with Gasteiger partial charge >= 0.3 is 0 Å². The zero-order valence-electron chi connectivity index (χ0n) is 16.5. The number of nitrogens with zero attached hydrogens (tertiary/aromatic N) is 2. The molecule has 10 heteroatoms. The molecule has 0 fully saturated rings. The van der Waals surface area contributed by atoms with E-state index in [1.54, 1.807) is 49.4 Å². The number of anilines is 1. The predicted octanol–water partition coefficient (Wildman–Crippen LogP) is 2.77. The van der Waals surface area contributed by atoms with Crippen LogP contribution < -0.4 is 19.2 Å². The van der Waals surface area contributed by atoms with E-state index in [-0.39, 0.29) is 0 Å². The zero-order chi connectivity index (χ0) is 21.6. The van der Waals surface area contributed by atoms with Gasteiger partial charge < -0.3 is 9.47 Å². The number of nitrogens with one attached hydrogen (secondary N) is 1. The number of carbonyl (C=O) groups is 1. The molecule has 0 aliphatic carbocycles. The van der Waals surface area contributed by atoms with Gasteiger partial charge in [0.15, 0.2) is 11.5 Å². The summed E-state index contributed by atoms with van der Waals surface area (Å²) in [6.07, 6.45) is 1.04. The van der Waals surface area contributed by atoms with Gasteiger partial charge in [-0.05, 0) is 49.4 Å². The van der Waals surface area contributed by atoms with E-state index in [1.807, 2.05) is 0 Å². The number of amides is 1. The Morgan fingerprint density at radius 3 is 2.28 bits per heavy atom. The van der Waals surface area contributed by atoms with Gasteiger partial charge in [0.25, 0.3) is 5.91 Å². The number of carbonyl (C=O) groups excluding carboxylic acids is 1. The number of sulfonamides is 1. The number of hydrogen-bond acceptors (Lipinski definition) is 6. The lowest BCUT2D eigenvalue weighted by Gasteiger charge is -2.21. The van der Waals surface area contributed by atoms with Crippen molar-refractivity contribution < 1.29 is 22.7 Å². The number of hydrogen-bond donors (Lipinski definition) is 1. The number of rotatable bonds is 8. The fourth-order valence-electron chi connectivity index (χ4n) is 2.45. The Balaban J connectivity index is 2.14. The normalized spacial score (nSPS) is 11.7. The Morgan fingerprint density at radius 1 is 1.10 bits per heavy atom. The molecule has 0 aliphatic rings. The van der Waals surface area contributed by atoms with Gasteiger partial charge in [-0.25, -0.2) is 13.8 Å². The van der Waals surface area contributed by atoms with Gasteiger partial charge in [-0.1, -0.05) is 15.9 Å². The topological polar surface area (TPSA) is 97.3 Å². The minimum atomic E-state index is -3.66. The molecular weight excluding hydrogens is 462 g/mol. The summed E-state index contributed by atoms with van der Waals surface area (Å²) in [7, 11) is -0.590.